The Morgan fingerprint density at radius 3 is 2.68 bits per heavy atom. The van der Waals surface area contributed by atoms with Crippen LogP contribution in [0.15, 0.2) is 12.7 Å². The summed E-state index contributed by atoms with van der Waals surface area (Å²) in [4.78, 5) is 23.9. The van der Waals surface area contributed by atoms with Crippen LogP contribution in [0.25, 0.3) is 11.2 Å². The molecule has 0 saturated carbocycles. The smallest absolute Gasteiger partial charge is 0.358 e. The molecule has 2 atom stereocenters. The third-order valence-electron chi connectivity index (χ3n) is 3.73. The van der Waals surface area contributed by atoms with Gasteiger partial charge in [0.05, 0.1) is 24.4 Å². The van der Waals surface area contributed by atoms with Crippen molar-refractivity contribution in [1.82, 2.24) is 19.5 Å². The SMILES string of the molecule is COP(=O)(COC(C)Cn1cnc2c(N)ncnc21)OCOC(=O)C(C)(C)C. The summed E-state index contributed by atoms with van der Waals surface area (Å²) in [6, 6.07) is 0. The fraction of sp³-hybridized carbons (Fsp3) is 0.625. The molecule has 2 aromatic rings. The number of hydrogen-bond donors (Lipinski definition) is 1. The van der Waals surface area contributed by atoms with Crippen LogP contribution in [0.1, 0.15) is 27.7 Å². The number of esters is 1. The van der Waals surface area contributed by atoms with Crippen LogP contribution < -0.4 is 5.73 Å². The maximum Gasteiger partial charge on any atom is 0.358 e. The van der Waals surface area contributed by atoms with E-state index in [-0.39, 0.29) is 12.5 Å². The first-order chi connectivity index (χ1) is 13.1. The van der Waals surface area contributed by atoms with Crippen molar-refractivity contribution in [3.63, 3.8) is 0 Å². The third-order valence-corrected chi connectivity index (χ3v) is 5.25. The number of carbonyl (C=O) groups excluding carboxylic acids is 1. The number of nitrogen functional groups attached to an aromatic ring is 1. The molecule has 2 rings (SSSR count). The zero-order valence-electron chi connectivity index (χ0n) is 16.6. The first-order valence-corrected chi connectivity index (χ1v) is 10.3. The number of imidazole rings is 1. The van der Waals surface area contributed by atoms with Gasteiger partial charge in [-0.1, -0.05) is 0 Å². The zero-order valence-corrected chi connectivity index (χ0v) is 17.5. The standard InChI is InChI=1S/C16H26N5O6P/c1-11(6-21-8-20-12-13(17)18-7-19-14(12)21)26-10-28(23,24-5)27-9-25-15(22)16(2,3)4/h7-8,11H,6,9-10H2,1-5H3,(H2,17,18,19). The predicted molar refractivity (Wildman–Crippen MR) is 101 cm³/mol. The van der Waals surface area contributed by atoms with Crippen molar-refractivity contribution >= 4 is 30.5 Å². The molecule has 2 unspecified atom stereocenters. The quantitative estimate of drug-likeness (QED) is 0.368. The first kappa shape index (κ1) is 22.2. The highest BCUT2D eigenvalue weighted by atomic mass is 31.2. The summed E-state index contributed by atoms with van der Waals surface area (Å²) in [6.45, 7) is 6.80. The Bertz CT molecular complexity index is 865. The van der Waals surface area contributed by atoms with Gasteiger partial charge in [0.1, 0.15) is 18.2 Å². The molecule has 156 valence electrons. The minimum absolute atomic E-state index is 0.291. The number of nitrogens with two attached hydrogens (primary N) is 1. The molecule has 0 spiro atoms. The van der Waals surface area contributed by atoms with Crippen LogP contribution in [-0.2, 0) is 34.4 Å². The molecule has 2 heterocycles. The molecule has 28 heavy (non-hydrogen) atoms. The fourth-order valence-electron chi connectivity index (χ4n) is 2.10. The molecule has 11 nitrogen and oxygen atoms in total. The van der Waals surface area contributed by atoms with E-state index in [2.05, 4.69) is 15.0 Å². The van der Waals surface area contributed by atoms with Crippen LogP contribution >= 0.6 is 7.60 Å². The summed E-state index contributed by atoms with van der Waals surface area (Å²) in [5, 5.41) is 0. The highest BCUT2D eigenvalue weighted by Crippen LogP contribution is 2.47. The Kier molecular flexibility index (Phi) is 7.11. The molecule has 0 aromatic carbocycles. The van der Waals surface area contributed by atoms with E-state index in [1.807, 2.05) is 0 Å². The van der Waals surface area contributed by atoms with Gasteiger partial charge in [-0.25, -0.2) is 15.0 Å². The average Bonchev–Trinajstić information content (AvgIpc) is 3.03. The molecule has 0 radical (unpaired) electrons. The lowest BCUT2D eigenvalue weighted by molar-refractivity contribution is -0.160. The van der Waals surface area contributed by atoms with E-state index >= 15 is 0 Å². The van der Waals surface area contributed by atoms with Crippen LogP contribution in [0.3, 0.4) is 0 Å². The summed E-state index contributed by atoms with van der Waals surface area (Å²) >= 11 is 0. The lowest BCUT2D eigenvalue weighted by Crippen LogP contribution is -2.24. The highest BCUT2D eigenvalue weighted by Gasteiger charge is 2.28. The van der Waals surface area contributed by atoms with Gasteiger partial charge in [-0.3, -0.25) is 13.9 Å². The normalized spacial score (nSPS) is 15.3. The maximum atomic E-state index is 12.6. The monoisotopic (exact) mass is 415 g/mol. The fourth-order valence-corrected chi connectivity index (χ4v) is 3.04. The van der Waals surface area contributed by atoms with Gasteiger partial charge in [0, 0.05) is 7.11 Å². The molecule has 0 bridgehead atoms. The summed E-state index contributed by atoms with van der Waals surface area (Å²) in [7, 11) is -2.34. The molecule has 0 amide bonds. The molecule has 2 aromatic heterocycles. The number of fused-ring (bicyclic) bond motifs is 1. The number of rotatable bonds is 9. The van der Waals surface area contributed by atoms with Gasteiger partial charge in [0.15, 0.2) is 11.5 Å². The number of hydrogen-bond acceptors (Lipinski definition) is 10. The van der Waals surface area contributed by atoms with Gasteiger partial charge in [0.25, 0.3) is 0 Å². The molecule has 2 N–H and O–H groups in total. The van der Waals surface area contributed by atoms with Gasteiger partial charge < -0.3 is 24.3 Å². The molecular formula is C16H26N5O6P. The van der Waals surface area contributed by atoms with Crippen LogP contribution in [0.4, 0.5) is 5.82 Å². The van der Waals surface area contributed by atoms with Gasteiger partial charge in [-0.05, 0) is 27.7 Å². The Morgan fingerprint density at radius 2 is 2.04 bits per heavy atom. The van der Waals surface area contributed by atoms with E-state index in [4.69, 9.17) is 24.3 Å². The summed E-state index contributed by atoms with van der Waals surface area (Å²) < 4.78 is 34.9. The minimum Gasteiger partial charge on any atom is -0.438 e. The first-order valence-electron chi connectivity index (χ1n) is 8.55. The number of carbonyl (C=O) groups is 1. The molecule has 0 saturated heterocycles. The topological polar surface area (TPSA) is 141 Å². The van der Waals surface area contributed by atoms with E-state index in [0.717, 1.165) is 0 Å². The average molecular weight is 415 g/mol. The molecule has 0 aliphatic heterocycles. The second kappa shape index (κ2) is 8.95. The third kappa shape index (κ3) is 5.71. The number of ether oxygens (including phenoxy) is 2. The number of aromatic nitrogens is 4. The Balaban J connectivity index is 1.88. The molecule has 12 heteroatoms. The van der Waals surface area contributed by atoms with Gasteiger partial charge in [-0.2, -0.15) is 0 Å². The molecule has 0 aliphatic rings. The van der Waals surface area contributed by atoms with Crippen molar-refractivity contribution in [2.24, 2.45) is 5.41 Å². The van der Waals surface area contributed by atoms with E-state index in [9.17, 15) is 9.36 Å². The highest BCUT2D eigenvalue weighted by molar-refractivity contribution is 7.53. The largest absolute Gasteiger partial charge is 0.438 e. The molecule has 0 fully saturated rings. The van der Waals surface area contributed by atoms with Gasteiger partial charge >= 0.3 is 13.6 Å². The lowest BCUT2D eigenvalue weighted by Gasteiger charge is -2.21. The lowest BCUT2D eigenvalue weighted by atomic mass is 9.98. The minimum atomic E-state index is -3.58. The van der Waals surface area contributed by atoms with E-state index in [1.54, 1.807) is 38.6 Å². The zero-order chi connectivity index (χ0) is 20.9. The Labute approximate surface area is 163 Å². The van der Waals surface area contributed by atoms with Crippen LogP contribution in [0.5, 0.6) is 0 Å². The predicted octanol–water partition coefficient (Wildman–Crippen LogP) is 2.17. The number of nitrogens with zero attached hydrogens (tertiary/aromatic N) is 4. The number of anilines is 1. The Morgan fingerprint density at radius 1 is 1.32 bits per heavy atom. The summed E-state index contributed by atoms with van der Waals surface area (Å²) in [6.07, 6.45) is 2.26. The van der Waals surface area contributed by atoms with E-state index < -0.39 is 25.8 Å². The Hall–Kier alpha value is -2.07. The van der Waals surface area contributed by atoms with Crippen LogP contribution in [0, 0.1) is 5.41 Å². The van der Waals surface area contributed by atoms with Crippen molar-refractivity contribution in [1.29, 1.82) is 0 Å². The van der Waals surface area contributed by atoms with Crippen molar-refractivity contribution in [3.05, 3.63) is 12.7 Å². The summed E-state index contributed by atoms with van der Waals surface area (Å²) in [5.74, 6) is -0.183. The van der Waals surface area contributed by atoms with Crippen LogP contribution in [0.2, 0.25) is 0 Å². The second-order valence-electron chi connectivity index (χ2n) is 7.16. The molecule has 0 aliphatic carbocycles. The van der Waals surface area contributed by atoms with E-state index in [1.165, 1.54) is 13.4 Å². The van der Waals surface area contributed by atoms with Crippen molar-refractivity contribution in [3.8, 4) is 0 Å². The second-order valence-corrected chi connectivity index (χ2v) is 9.26. The maximum absolute atomic E-state index is 12.6. The van der Waals surface area contributed by atoms with E-state index in [0.29, 0.717) is 23.5 Å². The summed E-state index contributed by atoms with van der Waals surface area (Å²) in [5.41, 5.74) is 6.15. The van der Waals surface area contributed by atoms with Crippen molar-refractivity contribution < 1.29 is 27.9 Å². The van der Waals surface area contributed by atoms with Crippen molar-refractivity contribution in [2.45, 2.75) is 40.3 Å². The molecular weight excluding hydrogens is 389 g/mol. The van der Waals surface area contributed by atoms with Crippen molar-refractivity contribution in [2.75, 3.05) is 26.0 Å². The van der Waals surface area contributed by atoms with Gasteiger partial charge in [0.2, 0.25) is 6.79 Å². The van der Waals surface area contributed by atoms with Gasteiger partial charge in [-0.15, -0.1) is 0 Å². The van der Waals surface area contributed by atoms with Crippen LogP contribution in [-0.4, -0.2) is 51.8 Å².